The van der Waals surface area contributed by atoms with E-state index in [1.54, 1.807) is 7.11 Å². The van der Waals surface area contributed by atoms with Crippen LogP contribution in [0.3, 0.4) is 0 Å². The predicted molar refractivity (Wildman–Crippen MR) is 156 cm³/mol. The highest BCUT2D eigenvalue weighted by Gasteiger charge is 2.36. The molecule has 0 aromatic heterocycles. The summed E-state index contributed by atoms with van der Waals surface area (Å²) in [5, 5.41) is 7.27. The van der Waals surface area contributed by atoms with Gasteiger partial charge in [0.1, 0.15) is 5.75 Å². The molecule has 0 fully saturated rings. The molecule has 0 saturated heterocycles. The van der Waals surface area contributed by atoms with Crippen LogP contribution in [-0.2, 0) is 4.79 Å². The first kappa shape index (κ1) is 26.7. The van der Waals surface area contributed by atoms with Gasteiger partial charge >= 0.3 is 0 Å². The van der Waals surface area contributed by atoms with E-state index in [9.17, 15) is 4.79 Å². The fourth-order valence-corrected chi connectivity index (χ4v) is 5.32. The lowest BCUT2D eigenvalue weighted by Crippen LogP contribution is -2.27. The molecular formula is C33H38N2O4. The Bertz CT molecular complexity index is 1360. The van der Waals surface area contributed by atoms with Crippen molar-refractivity contribution in [2.45, 2.75) is 71.1 Å². The summed E-state index contributed by atoms with van der Waals surface area (Å²) in [5.41, 5.74) is 5.79. The zero-order valence-electron chi connectivity index (χ0n) is 23.4. The molecule has 3 unspecified atom stereocenters. The summed E-state index contributed by atoms with van der Waals surface area (Å²) in [6, 6.07) is 22.0. The van der Waals surface area contributed by atoms with Gasteiger partial charge in [-0.15, -0.1) is 0 Å². The van der Waals surface area contributed by atoms with Gasteiger partial charge in [-0.1, -0.05) is 37.3 Å². The number of ether oxygens (including phenoxy) is 3. The molecule has 6 nitrogen and oxygen atoms in total. The Labute approximate surface area is 231 Å². The van der Waals surface area contributed by atoms with Crippen molar-refractivity contribution in [3.8, 4) is 17.2 Å². The summed E-state index contributed by atoms with van der Waals surface area (Å²) < 4.78 is 17.5. The van der Waals surface area contributed by atoms with Gasteiger partial charge < -0.3 is 24.8 Å². The zero-order valence-corrected chi connectivity index (χ0v) is 23.4. The van der Waals surface area contributed by atoms with Crippen molar-refractivity contribution >= 4 is 17.2 Å². The Kier molecular flexibility index (Phi) is 7.82. The smallest absolute Gasteiger partial charge is 0.163 e. The Morgan fingerprint density at radius 2 is 1.59 bits per heavy atom. The minimum atomic E-state index is -0.265. The molecule has 0 amide bonds. The van der Waals surface area contributed by atoms with Gasteiger partial charge in [0.2, 0.25) is 0 Å². The molecule has 0 radical (unpaired) electrons. The van der Waals surface area contributed by atoms with Crippen molar-refractivity contribution in [1.29, 1.82) is 0 Å². The molecule has 1 heterocycles. The van der Waals surface area contributed by atoms with E-state index >= 15 is 0 Å². The van der Waals surface area contributed by atoms with Gasteiger partial charge in [-0.2, -0.15) is 0 Å². The number of benzene rings is 3. The molecule has 5 rings (SSSR count). The molecule has 204 valence electrons. The standard InChI is InChI=1S/C33H38N2O4/c1-6-21(4)39-25-14-11-22(12-15-25)33-32-28(34-26-9-7-8-10-27(26)35-33)17-24(18-29(32)36)23-13-16-30(38-20(2)3)31(19-23)37-5/h7-16,19-21,24,33-35H,6,17-18H2,1-5H3. The maximum Gasteiger partial charge on any atom is 0.163 e. The SMILES string of the molecule is CCC(C)Oc1ccc(C2Nc3ccccc3NC3=C2C(=O)CC(c2ccc(OC(C)C)c(OC)c2)C3)cc1. The van der Waals surface area contributed by atoms with Crippen molar-refractivity contribution in [3.05, 3.63) is 89.1 Å². The van der Waals surface area contributed by atoms with Crippen molar-refractivity contribution in [3.63, 3.8) is 0 Å². The molecule has 3 aromatic carbocycles. The number of rotatable bonds is 8. The largest absolute Gasteiger partial charge is 0.493 e. The zero-order chi connectivity index (χ0) is 27.5. The lowest BCUT2D eigenvalue weighted by Gasteiger charge is -2.30. The maximum absolute atomic E-state index is 13.9. The van der Waals surface area contributed by atoms with Gasteiger partial charge in [-0.25, -0.2) is 0 Å². The first-order valence-corrected chi connectivity index (χ1v) is 13.9. The molecule has 3 atom stereocenters. The lowest BCUT2D eigenvalue weighted by atomic mass is 9.78. The normalized spacial score (nSPS) is 19.3. The van der Waals surface area contributed by atoms with E-state index in [-0.39, 0.29) is 30.0 Å². The van der Waals surface area contributed by atoms with E-state index in [1.165, 1.54) is 0 Å². The number of nitrogens with one attached hydrogen (secondary N) is 2. The monoisotopic (exact) mass is 526 g/mol. The number of ketones is 1. The van der Waals surface area contributed by atoms with Gasteiger partial charge in [-0.3, -0.25) is 4.79 Å². The fraction of sp³-hybridized carbons (Fsp3) is 0.364. The molecular weight excluding hydrogens is 488 g/mol. The number of anilines is 2. The van der Waals surface area contributed by atoms with Crippen molar-refractivity contribution in [2.24, 2.45) is 0 Å². The molecule has 2 aliphatic rings. The molecule has 1 aliphatic heterocycles. The van der Waals surface area contributed by atoms with Crippen LogP contribution in [0.15, 0.2) is 78.0 Å². The Balaban J connectivity index is 1.50. The summed E-state index contributed by atoms with van der Waals surface area (Å²) in [6.07, 6.45) is 2.29. The van der Waals surface area contributed by atoms with E-state index < -0.39 is 0 Å². The quantitative estimate of drug-likeness (QED) is 0.314. The minimum Gasteiger partial charge on any atom is -0.493 e. The molecule has 39 heavy (non-hydrogen) atoms. The van der Waals surface area contributed by atoms with Crippen LogP contribution in [0.25, 0.3) is 0 Å². The minimum absolute atomic E-state index is 0.0305. The molecule has 1 aliphatic carbocycles. The number of hydrogen-bond donors (Lipinski definition) is 2. The number of hydrogen-bond acceptors (Lipinski definition) is 6. The molecule has 0 spiro atoms. The molecule has 3 aromatic rings. The Morgan fingerprint density at radius 1 is 0.872 bits per heavy atom. The van der Waals surface area contributed by atoms with E-state index in [0.717, 1.165) is 52.4 Å². The molecule has 0 saturated carbocycles. The molecule has 6 heteroatoms. The van der Waals surface area contributed by atoms with Crippen LogP contribution in [0.4, 0.5) is 11.4 Å². The highest BCUT2D eigenvalue weighted by molar-refractivity contribution is 6.01. The first-order valence-electron chi connectivity index (χ1n) is 13.9. The van der Waals surface area contributed by atoms with E-state index in [2.05, 4.69) is 48.7 Å². The second-order valence-corrected chi connectivity index (χ2v) is 10.7. The second-order valence-electron chi connectivity index (χ2n) is 10.7. The highest BCUT2D eigenvalue weighted by Crippen LogP contribution is 2.45. The lowest BCUT2D eigenvalue weighted by molar-refractivity contribution is -0.116. The van der Waals surface area contributed by atoms with Crippen LogP contribution in [0.1, 0.15) is 70.0 Å². The third-order valence-electron chi connectivity index (χ3n) is 7.46. The van der Waals surface area contributed by atoms with E-state index in [0.29, 0.717) is 17.9 Å². The van der Waals surface area contributed by atoms with E-state index in [4.69, 9.17) is 14.2 Å². The average molecular weight is 527 g/mol. The van der Waals surface area contributed by atoms with Gasteiger partial charge in [0, 0.05) is 17.7 Å². The van der Waals surface area contributed by atoms with Crippen molar-refractivity contribution in [2.75, 3.05) is 17.7 Å². The number of Topliss-reactive ketones (excluding diaryl/α,β-unsaturated/α-hetero) is 1. The summed E-state index contributed by atoms with van der Waals surface area (Å²) >= 11 is 0. The summed E-state index contributed by atoms with van der Waals surface area (Å²) in [6.45, 7) is 8.16. The van der Waals surface area contributed by atoms with Gasteiger partial charge in [0.05, 0.1) is 36.7 Å². The number of allylic oxidation sites excluding steroid dienone is 1. The summed E-state index contributed by atoms with van der Waals surface area (Å²) in [4.78, 5) is 13.9. The second kappa shape index (κ2) is 11.4. The van der Waals surface area contributed by atoms with Crippen LogP contribution >= 0.6 is 0 Å². The predicted octanol–water partition coefficient (Wildman–Crippen LogP) is 7.64. The number of para-hydroxylation sites is 2. The third-order valence-corrected chi connectivity index (χ3v) is 7.46. The van der Waals surface area contributed by atoms with Crippen molar-refractivity contribution < 1.29 is 19.0 Å². The number of fused-ring (bicyclic) bond motifs is 1. The van der Waals surface area contributed by atoms with Crippen molar-refractivity contribution in [1.82, 2.24) is 0 Å². The van der Waals surface area contributed by atoms with Crippen LogP contribution in [0, 0.1) is 0 Å². The topological polar surface area (TPSA) is 68.8 Å². The Hall–Kier alpha value is -3.93. The highest BCUT2D eigenvalue weighted by atomic mass is 16.5. The summed E-state index contributed by atoms with van der Waals surface area (Å²) in [5.74, 6) is 2.41. The maximum atomic E-state index is 13.9. The summed E-state index contributed by atoms with van der Waals surface area (Å²) in [7, 11) is 1.65. The van der Waals surface area contributed by atoms with Gasteiger partial charge in [0.15, 0.2) is 17.3 Å². The molecule has 0 bridgehead atoms. The number of methoxy groups -OCH3 is 1. The average Bonchev–Trinajstić information content (AvgIpc) is 3.10. The molecule has 2 N–H and O–H groups in total. The van der Waals surface area contributed by atoms with Gasteiger partial charge in [-0.05, 0) is 87.1 Å². The number of carbonyl (C=O) groups excluding carboxylic acids is 1. The first-order chi connectivity index (χ1) is 18.9. The van der Waals surface area contributed by atoms with Crippen LogP contribution in [-0.4, -0.2) is 25.1 Å². The number of carbonyl (C=O) groups is 1. The fourth-order valence-electron chi connectivity index (χ4n) is 5.32. The van der Waals surface area contributed by atoms with Crippen LogP contribution in [0.2, 0.25) is 0 Å². The van der Waals surface area contributed by atoms with E-state index in [1.807, 2.05) is 56.3 Å². The Morgan fingerprint density at radius 3 is 2.28 bits per heavy atom. The van der Waals surface area contributed by atoms with Crippen LogP contribution in [0.5, 0.6) is 17.2 Å². The van der Waals surface area contributed by atoms with Gasteiger partial charge in [0.25, 0.3) is 0 Å². The third kappa shape index (κ3) is 5.75. The van der Waals surface area contributed by atoms with Crippen LogP contribution < -0.4 is 24.8 Å².